The molecule has 4 rings (SSSR count). The van der Waals surface area contributed by atoms with E-state index in [4.69, 9.17) is 0 Å². The summed E-state index contributed by atoms with van der Waals surface area (Å²) in [5.74, 6) is 2.78. The first kappa shape index (κ1) is 12.3. The van der Waals surface area contributed by atoms with Crippen molar-refractivity contribution in [2.45, 2.75) is 26.2 Å². The van der Waals surface area contributed by atoms with Gasteiger partial charge < -0.3 is 4.90 Å². The lowest BCUT2D eigenvalue weighted by molar-refractivity contribution is 0.411. The van der Waals surface area contributed by atoms with E-state index in [1.807, 2.05) is 0 Å². The molecule has 1 saturated heterocycles. The number of aryl methyl sites for hydroxylation is 1. The fourth-order valence-corrected chi connectivity index (χ4v) is 4.44. The molecular weight excluding hydrogens is 266 g/mol. The minimum Gasteiger partial charge on any atom is -0.355 e. The van der Waals surface area contributed by atoms with E-state index in [9.17, 15) is 0 Å². The lowest BCUT2D eigenvalue weighted by atomic mass is 9.86. The Balaban J connectivity index is 1.70. The van der Waals surface area contributed by atoms with Gasteiger partial charge in [-0.05, 0) is 37.2 Å². The molecule has 2 atom stereocenters. The van der Waals surface area contributed by atoms with Gasteiger partial charge in [-0.15, -0.1) is 11.3 Å². The maximum absolute atomic E-state index is 4.60. The molecule has 2 aromatic rings. The summed E-state index contributed by atoms with van der Waals surface area (Å²) in [4.78, 5) is 14.1. The fraction of sp³-hybridized carbons (Fsp3) is 0.500. The molecule has 0 radical (unpaired) electrons. The molecular formula is C16H19N3S. The average molecular weight is 285 g/mol. The summed E-state index contributed by atoms with van der Waals surface area (Å²) in [5.41, 5.74) is 0. The first-order chi connectivity index (χ1) is 9.85. The van der Waals surface area contributed by atoms with Gasteiger partial charge >= 0.3 is 0 Å². The third kappa shape index (κ3) is 1.94. The highest BCUT2D eigenvalue weighted by Crippen LogP contribution is 2.38. The number of hydrogen-bond acceptors (Lipinski definition) is 4. The van der Waals surface area contributed by atoms with Crippen LogP contribution >= 0.6 is 11.3 Å². The minimum atomic E-state index is 0.814. The lowest BCUT2D eigenvalue weighted by Crippen LogP contribution is -2.21. The molecule has 0 spiro atoms. The van der Waals surface area contributed by atoms with Crippen molar-refractivity contribution in [3.05, 3.63) is 29.4 Å². The van der Waals surface area contributed by atoms with Crippen LogP contribution in [-0.2, 0) is 6.42 Å². The molecule has 20 heavy (non-hydrogen) atoms. The Hall–Kier alpha value is -1.42. The van der Waals surface area contributed by atoms with E-state index in [-0.39, 0.29) is 0 Å². The molecule has 1 aliphatic carbocycles. The summed E-state index contributed by atoms with van der Waals surface area (Å²) < 4.78 is 0. The van der Waals surface area contributed by atoms with E-state index in [0.717, 1.165) is 42.0 Å². The molecule has 1 aliphatic heterocycles. The predicted octanol–water partition coefficient (Wildman–Crippen LogP) is 3.66. The standard InChI is InChI=1S/C16H19N3S/c1-2-13-7-14-15(17-10-18-16(14)20-13)19-8-11-5-3-4-6-12(11)9-19/h3-4,7,10-12H,2,5-6,8-9H2,1H3. The van der Waals surface area contributed by atoms with E-state index in [2.05, 4.69) is 40.0 Å². The smallest absolute Gasteiger partial charge is 0.140 e. The number of aromatic nitrogens is 2. The summed E-state index contributed by atoms with van der Waals surface area (Å²) in [5, 5.41) is 1.25. The third-order valence-electron chi connectivity index (χ3n) is 4.63. The third-order valence-corrected chi connectivity index (χ3v) is 5.82. The van der Waals surface area contributed by atoms with Crippen LogP contribution < -0.4 is 4.90 Å². The molecule has 0 amide bonds. The van der Waals surface area contributed by atoms with Gasteiger partial charge in [0.05, 0.1) is 5.39 Å². The minimum absolute atomic E-state index is 0.814. The largest absolute Gasteiger partial charge is 0.355 e. The van der Waals surface area contributed by atoms with E-state index in [0.29, 0.717) is 0 Å². The van der Waals surface area contributed by atoms with Crippen molar-refractivity contribution in [3.8, 4) is 0 Å². The summed E-state index contributed by atoms with van der Waals surface area (Å²) >= 11 is 1.81. The molecule has 3 nitrogen and oxygen atoms in total. The van der Waals surface area contributed by atoms with Crippen molar-refractivity contribution < 1.29 is 0 Å². The lowest BCUT2D eigenvalue weighted by Gasteiger charge is -2.17. The van der Waals surface area contributed by atoms with E-state index in [1.54, 1.807) is 17.7 Å². The number of rotatable bonds is 2. The second-order valence-corrected chi connectivity index (χ2v) is 6.97. The molecule has 104 valence electrons. The van der Waals surface area contributed by atoms with Gasteiger partial charge in [0.15, 0.2) is 0 Å². The van der Waals surface area contributed by atoms with Crippen molar-refractivity contribution in [2.24, 2.45) is 11.8 Å². The predicted molar refractivity (Wildman–Crippen MR) is 84.4 cm³/mol. The van der Waals surface area contributed by atoms with Crippen LogP contribution in [0, 0.1) is 11.8 Å². The Labute approximate surface area is 123 Å². The molecule has 0 N–H and O–H groups in total. The molecule has 4 heteroatoms. The maximum Gasteiger partial charge on any atom is 0.140 e. The molecule has 2 aliphatic rings. The Morgan fingerprint density at radius 2 is 1.95 bits per heavy atom. The highest BCUT2D eigenvalue weighted by molar-refractivity contribution is 7.18. The number of fused-ring (bicyclic) bond motifs is 2. The highest BCUT2D eigenvalue weighted by atomic mass is 32.1. The van der Waals surface area contributed by atoms with Crippen molar-refractivity contribution in [2.75, 3.05) is 18.0 Å². The molecule has 2 aromatic heterocycles. The van der Waals surface area contributed by atoms with Gasteiger partial charge in [-0.2, -0.15) is 0 Å². The number of anilines is 1. The van der Waals surface area contributed by atoms with Gasteiger partial charge in [0.1, 0.15) is 17.0 Å². The van der Waals surface area contributed by atoms with Crippen LogP contribution in [-0.4, -0.2) is 23.1 Å². The van der Waals surface area contributed by atoms with Crippen LogP contribution in [0.5, 0.6) is 0 Å². The summed E-state index contributed by atoms with van der Waals surface area (Å²) in [6.07, 6.45) is 9.97. The summed E-state index contributed by atoms with van der Waals surface area (Å²) in [6.45, 7) is 4.50. The number of nitrogens with zero attached hydrogens (tertiary/aromatic N) is 3. The van der Waals surface area contributed by atoms with Crippen LogP contribution in [0.3, 0.4) is 0 Å². The number of allylic oxidation sites excluding steroid dienone is 2. The number of hydrogen-bond donors (Lipinski definition) is 0. The first-order valence-electron chi connectivity index (χ1n) is 7.48. The van der Waals surface area contributed by atoms with Crippen molar-refractivity contribution in [3.63, 3.8) is 0 Å². The van der Waals surface area contributed by atoms with E-state index < -0.39 is 0 Å². The Morgan fingerprint density at radius 3 is 2.65 bits per heavy atom. The van der Waals surface area contributed by atoms with Crippen LogP contribution in [0.4, 0.5) is 5.82 Å². The zero-order chi connectivity index (χ0) is 13.5. The average Bonchev–Trinajstić information content (AvgIpc) is 3.09. The molecule has 0 bridgehead atoms. The first-order valence-corrected chi connectivity index (χ1v) is 8.30. The molecule has 0 saturated carbocycles. The Kier molecular flexibility index (Phi) is 2.99. The second-order valence-electron chi connectivity index (χ2n) is 5.85. The molecule has 1 fully saturated rings. The maximum atomic E-state index is 4.60. The van der Waals surface area contributed by atoms with Gasteiger partial charge in [-0.3, -0.25) is 0 Å². The Bertz CT molecular complexity index is 645. The molecule has 3 heterocycles. The number of thiophene rings is 1. The zero-order valence-electron chi connectivity index (χ0n) is 11.7. The van der Waals surface area contributed by atoms with Crippen LogP contribution in [0.15, 0.2) is 24.5 Å². The van der Waals surface area contributed by atoms with Crippen LogP contribution in [0.1, 0.15) is 24.6 Å². The van der Waals surface area contributed by atoms with E-state index >= 15 is 0 Å². The normalized spacial score (nSPS) is 25.4. The molecule has 0 aromatic carbocycles. The quantitative estimate of drug-likeness (QED) is 0.789. The van der Waals surface area contributed by atoms with Gasteiger partial charge in [0.25, 0.3) is 0 Å². The van der Waals surface area contributed by atoms with Gasteiger partial charge in [0.2, 0.25) is 0 Å². The zero-order valence-corrected chi connectivity index (χ0v) is 12.6. The summed E-state index contributed by atoms with van der Waals surface area (Å²) in [7, 11) is 0. The van der Waals surface area contributed by atoms with Gasteiger partial charge in [-0.1, -0.05) is 19.1 Å². The Morgan fingerprint density at radius 1 is 1.20 bits per heavy atom. The van der Waals surface area contributed by atoms with Crippen molar-refractivity contribution in [1.29, 1.82) is 0 Å². The van der Waals surface area contributed by atoms with Crippen molar-refractivity contribution in [1.82, 2.24) is 9.97 Å². The van der Waals surface area contributed by atoms with E-state index in [1.165, 1.54) is 23.1 Å². The monoisotopic (exact) mass is 285 g/mol. The van der Waals surface area contributed by atoms with Crippen LogP contribution in [0.25, 0.3) is 10.2 Å². The van der Waals surface area contributed by atoms with Gasteiger partial charge in [0, 0.05) is 18.0 Å². The fourth-order valence-electron chi connectivity index (χ4n) is 3.51. The topological polar surface area (TPSA) is 29.0 Å². The second kappa shape index (κ2) is 4.85. The highest BCUT2D eigenvalue weighted by Gasteiger charge is 2.34. The summed E-state index contributed by atoms with van der Waals surface area (Å²) in [6, 6.07) is 2.29. The molecule has 2 unspecified atom stereocenters. The van der Waals surface area contributed by atoms with Gasteiger partial charge in [-0.25, -0.2) is 9.97 Å². The van der Waals surface area contributed by atoms with Crippen molar-refractivity contribution >= 4 is 27.4 Å². The van der Waals surface area contributed by atoms with Crippen LogP contribution in [0.2, 0.25) is 0 Å². The SMILES string of the molecule is CCc1cc2c(N3CC4CC=CCC4C3)ncnc2s1.